The van der Waals surface area contributed by atoms with Crippen molar-refractivity contribution in [3.05, 3.63) is 34.9 Å². The van der Waals surface area contributed by atoms with Crippen LogP contribution in [0.5, 0.6) is 0 Å². The van der Waals surface area contributed by atoms with Crippen LogP contribution in [-0.4, -0.2) is 19.6 Å². The summed E-state index contributed by atoms with van der Waals surface area (Å²) >= 11 is 0. The number of nitrogens with one attached hydrogen (secondary N) is 2. The summed E-state index contributed by atoms with van der Waals surface area (Å²) in [5.74, 6) is -0.989. The van der Waals surface area contributed by atoms with Crippen molar-refractivity contribution in [2.24, 2.45) is 0 Å². The van der Waals surface area contributed by atoms with Crippen LogP contribution in [0.3, 0.4) is 0 Å². The maximum absolute atomic E-state index is 13.4. The van der Waals surface area contributed by atoms with E-state index in [1.807, 2.05) is 14.0 Å². The highest BCUT2D eigenvalue weighted by molar-refractivity contribution is 5.25. The van der Waals surface area contributed by atoms with Gasteiger partial charge in [-0.25, -0.2) is 8.78 Å². The Morgan fingerprint density at radius 2 is 1.94 bits per heavy atom. The largest absolute Gasteiger partial charge is 0.318 e. The lowest BCUT2D eigenvalue weighted by Gasteiger charge is -2.14. The molecule has 0 radical (unpaired) electrons. The van der Waals surface area contributed by atoms with Crippen molar-refractivity contribution in [1.82, 2.24) is 10.6 Å². The third-order valence-corrected chi connectivity index (χ3v) is 2.48. The first-order chi connectivity index (χ1) is 7.54. The van der Waals surface area contributed by atoms with Crippen LogP contribution in [0.2, 0.25) is 0 Å². The highest BCUT2D eigenvalue weighted by Crippen LogP contribution is 2.14. The van der Waals surface area contributed by atoms with Gasteiger partial charge in [0.15, 0.2) is 0 Å². The molecule has 0 aromatic heterocycles. The lowest BCUT2D eigenvalue weighted by molar-refractivity contribution is 0.504. The van der Waals surface area contributed by atoms with Gasteiger partial charge in [-0.3, -0.25) is 0 Å². The van der Waals surface area contributed by atoms with Crippen molar-refractivity contribution in [2.75, 3.05) is 13.6 Å². The molecule has 1 rings (SSSR count). The Hall–Kier alpha value is -1.00. The molecule has 2 N–H and O–H groups in total. The summed E-state index contributed by atoms with van der Waals surface area (Å²) in [6.07, 6.45) is 0. The van der Waals surface area contributed by atoms with Crippen LogP contribution in [0.1, 0.15) is 18.1 Å². The van der Waals surface area contributed by atoms with Crippen molar-refractivity contribution < 1.29 is 8.78 Å². The highest BCUT2D eigenvalue weighted by atomic mass is 19.1. The van der Waals surface area contributed by atoms with E-state index >= 15 is 0 Å². The fourth-order valence-corrected chi connectivity index (χ4v) is 1.52. The molecule has 1 aromatic rings. The van der Waals surface area contributed by atoms with Gasteiger partial charge < -0.3 is 10.6 Å². The first-order valence-electron chi connectivity index (χ1n) is 5.37. The van der Waals surface area contributed by atoms with Crippen LogP contribution < -0.4 is 10.6 Å². The molecule has 0 aliphatic heterocycles. The van der Waals surface area contributed by atoms with Gasteiger partial charge in [0, 0.05) is 30.8 Å². The summed E-state index contributed by atoms with van der Waals surface area (Å²) in [7, 11) is 1.86. The van der Waals surface area contributed by atoms with E-state index in [4.69, 9.17) is 0 Å². The average Bonchev–Trinajstić information content (AvgIpc) is 2.22. The Morgan fingerprint density at radius 1 is 1.25 bits per heavy atom. The number of hydrogen-bond donors (Lipinski definition) is 2. The van der Waals surface area contributed by atoms with Gasteiger partial charge in [0.05, 0.1) is 0 Å². The summed E-state index contributed by atoms with van der Waals surface area (Å²) in [5.41, 5.74) is 0.973. The van der Waals surface area contributed by atoms with Crippen LogP contribution in [0.15, 0.2) is 12.1 Å². The van der Waals surface area contributed by atoms with Crippen molar-refractivity contribution >= 4 is 0 Å². The number of halogens is 2. The molecule has 0 amide bonds. The third kappa shape index (κ3) is 3.54. The van der Waals surface area contributed by atoms with Crippen molar-refractivity contribution in [3.63, 3.8) is 0 Å². The van der Waals surface area contributed by atoms with E-state index in [2.05, 4.69) is 10.6 Å². The molecule has 16 heavy (non-hydrogen) atoms. The fraction of sp³-hybridized carbons (Fsp3) is 0.500. The zero-order chi connectivity index (χ0) is 12.1. The molecule has 4 heteroatoms. The molecule has 1 unspecified atom stereocenters. The van der Waals surface area contributed by atoms with E-state index in [1.54, 1.807) is 13.0 Å². The second-order valence-corrected chi connectivity index (χ2v) is 4.03. The maximum atomic E-state index is 13.4. The minimum Gasteiger partial charge on any atom is -0.318 e. The average molecular weight is 228 g/mol. The van der Waals surface area contributed by atoms with Gasteiger partial charge in [-0.15, -0.1) is 0 Å². The minimum atomic E-state index is -0.496. The molecule has 1 atom stereocenters. The molecule has 0 saturated carbocycles. The van der Waals surface area contributed by atoms with Gasteiger partial charge in [-0.2, -0.15) is 0 Å². The van der Waals surface area contributed by atoms with E-state index in [0.717, 1.165) is 12.6 Å². The van der Waals surface area contributed by atoms with E-state index in [9.17, 15) is 8.78 Å². The Bertz CT molecular complexity index is 353. The minimum absolute atomic E-state index is 0.245. The van der Waals surface area contributed by atoms with Gasteiger partial charge in [-0.05, 0) is 32.5 Å². The van der Waals surface area contributed by atoms with E-state index in [0.29, 0.717) is 17.7 Å². The van der Waals surface area contributed by atoms with E-state index in [1.165, 1.54) is 0 Å². The maximum Gasteiger partial charge on any atom is 0.130 e. The topological polar surface area (TPSA) is 24.1 Å². The van der Waals surface area contributed by atoms with Gasteiger partial charge in [0.2, 0.25) is 0 Å². The zero-order valence-corrected chi connectivity index (χ0v) is 9.90. The highest BCUT2D eigenvalue weighted by Gasteiger charge is 2.08. The SMILES string of the molecule is CNCC(C)NCc1cc(C)c(F)cc1F. The molecule has 0 spiro atoms. The molecule has 0 saturated heterocycles. The fourth-order valence-electron chi connectivity index (χ4n) is 1.52. The quantitative estimate of drug-likeness (QED) is 0.805. The molecule has 0 aliphatic carbocycles. The number of benzene rings is 1. The molecule has 0 heterocycles. The molecule has 0 aliphatic rings. The van der Waals surface area contributed by atoms with Crippen molar-refractivity contribution in [1.29, 1.82) is 0 Å². The molecular formula is C12H18F2N2. The van der Waals surface area contributed by atoms with E-state index in [-0.39, 0.29) is 6.04 Å². The standard InChI is InChI=1S/C12H18F2N2/c1-8-4-10(12(14)5-11(8)13)7-16-9(2)6-15-3/h4-5,9,15-16H,6-7H2,1-3H3. The third-order valence-electron chi connectivity index (χ3n) is 2.48. The predicted molar refractivity (Wildman–Crippen MR) is 61.3 cm³/mol. The lowest BCUT2D eigenvalue weighted by atomic mass is 10.1. The summed E-state index contributed by atoms with van der Waals surface area (Å²) in [6, 6.07) is 2.73. The van der Waals surface area contributed by atoms with Crippen LogP contribution in [-0.2, 0) is 6.54 Å². The number of rotatable bonds is 5. The number of likely N-dealkylation sites (N-methyl/N-ethyl adjacent to an activating group) is 1. The molecule has 2 nitrogen and oxygen atoms in total. The molecule has 1 aromatic carbocycles. The van der Waals surface area contributed by atoms with Crippen LogP contribution in [0.25, 0.3) is 0 Å². The summed E-state index contributed by atoms with van der Waals surface area (Å²) in [6.45, 7) is 4.86. The summed E-state index contributed by atoms with van der Waals surface area (Å²) in [5, 5.41) is 6.18. The lowest BCUT2D eigenvalue weighted by Crippen LogP contribution is -2.34. The van der Waals surface area contributed by atoms with Crippen LogP contribution in [0, 0.1) is 18.6 Å². The van der Waals surface area contributed by atoms with Crippen molar-refractivity contribution in [2.45, 2.75) is 26.4 Å². The number of aryl methyl sites for hydroxylation is 1. The normalized spacial score (nSPS) is 12.8. The Morgan fingerprint density at radius 3 is 2.56 bits per heavy atom. The second kappa shape index (κ2) is 5.92. The van der Waals surface area contributed by atoms with E-state index < -0.39 is 11.6 Å². The van der Waals surface area contributed by atoms with Gasteiger partial charge in [-0.1, -0.05) is 0 Å². The van der Waals surface area contributed by atoms with Gasteiger partial charge in [0.1, 0.15) is 11.6 Å². The van der Waals surface area contributed by atoms with Crippen LogP contribution in [0.4, 0.5) is 8.78 Å². The molecular weight excluding hydrogens is 210 g/mol. The first-order valence-corrected chi connectivity index (χ1v) is 5.37. The molecule has 90 valence electrons. The molecule has 0 fully saturated rings. The Kier molecular flexibility index (Phi) is 4.83. The Labute approximate surface area is 95.1 Å². The number of hydrogen-bond acceptors (Lipinski definition) is 2. The first kappa shape index (κ1) is 13.1. The van der Waals surface area contributed by atoms with Crippen LogP contribution >= 0.6 is 0 Å². The molecule has 0 bridgehead atoms. The Balaban J connectivity index is 2.63. The van der Waals surface area contributed by atoms with Crippen molar-refractivity contribution in [3.8, 4) is 0 Å². The monoisotopic (exact) mass is 228 g/mol. The second-order valence-electron chi connectivity index (χ2n) is 4.03. The summed E-state index contributed by atoms with van der Waals surface area (Å²) in [4.78, 5) is 0. The smallest absolute Gasteiger partial charge is 0.130 e. The summed E-state index contributed by atoms with van der Waals surface area (Å²) < 4.78 is 26.4. The predicted octanol–water partition coefficient (Wildman–Crippen LogP) is 1.97. The van der Waals surface area contributed by atoms with Gasteiger partial charge in [0.25, 0.3) is 0 Å². The zero-order valence-electron chi connectivity index (χ0n) is 9.90. The van der Waals surface area contributed by atoms with Gasteiger partial charge >= 0.3 is 0 Å².